The van der Waals surface area contributed by atoms with Crippen LogP contribution in [-0.4, -0.2) is 55.4 Å². The normalized spacial score (nSPS) is 18.3. The SMILES string of the molecule is Bc1c(O)c(N2C(B)(B)C(=O)NS2(=O)=O)c(F)c2cc(OC)ccc12. The summed E-state index contributed by atoms with van der Waals surface area (Å²) in [5, 5.41) is 9.39. The maximum absolute atomic E-state index is 15.2. The predicted octanol–water partition coefficient (Wildman–Crippen LogP) is -2.95. The van der Waals surface area contributed by atoms with Crippen LogP contribution >= 0.6 is 0 Å². The molecule has 1 heterocycles. The summed E-state index contributed by atoms with van der Waals surface area (Å²) in [5.74, 6) is -1.93. The van der Waals surface area contributed by atoms with Crippen LogP contribution in [0.1, 0.15) is 0 Å². The van der Waals surface area contributed by atoms with Gasteiger partial charge in [-0.05, 0) is 23.0 Å². The van der Waals surface area contributed by atoms with Gasteiger partial charge in [0.15, 0.2) is 5.82 Å². The molecule has 0 aromatic heterocycles. The summed E-state index contributed by atoms with van der Waals surface area (Å²) in [5.41, 5.74) is -0.277. The van der Waals surface area contributed by atoms with Crippen LogP contribution in [0.4, 0.5) is 10.1 Å². The van der Waals surface area contributed by atoms with E-state index in [-0.39, 0.29) is 5.39 Å². The van der Waals surface area contributed by atoms with Crippen molar-refractivity contribution in [1.82, 2.24) is 4.72 Å². The summed E-state index contributed by atoms with van der Waals surface area (Å²) < 4.78 is 47.4. The lowest BCUT2D eigenvalue weighted by Crippen LogP contribution is -2.51. The van der Waals surface area contributed by atoms with Crippen LogP contribution in [0.5, 0.6) is 11.5 Å². The minimum absolute atomic E-state index is 0.0787. The fraction of sp³-hybridized carbons (Fsp3) is 0.154. The Morgan fingerprint density at radius 1 is 1.32 bits per heavy atom. The lowest BCUT2D eigenvalue weighted by Gasteiger charge is -2.30. The molecule has 12 heteroatoms. The molecule has 0 unspecified atom stereocenters. The first-order valence-electron chi connectivity index (χ1n) is 7.38. The van der Waals surface area contributed by atoms with E-state index in [1.54, 1.807) is 12.1 Å². The van der Waals surface area contributed by atoms with E-state index in [9.17, 15) is 18.3 Å². The molecule has 1 aliphatic rings. The number of fused-ring (bicyclic) bond motifs is 1. The third-order valence-electron chi connectivity index (χ3n) is 4.38. The number of nitrogens with one attached hydrogen (secondary N) is 1. The molecule has 7 nitrogen and oxygen atoms in total. The Hall–Kier alpha value is -2.36. The van der Waals surface area contributed by atoms with Crippen LogP contribution in [0.2, 0.25) is 0 Å². The second kappa shape index (κ2) is 5.32. The molecule has 0 bridgehead atoms. The molecule has 2 N–H and O–H groups in total. The number of halogens is 1. The Bertz CT molecular complexity index is 1030. The lowest BCUT2D eigenvalue weighted by molar-refractivity contribution is -0.119. The van der Waals surface area contributed by atoms with Crippen molar-refractivity contribution in [3.63, 3.8) is 0 Å². The molecule has 1 amide bonds. The van der Waals surface area contributed by atoms with Crippen molar-refractivity contribution in [3.05, 3.63) is 24.0 Å². The van der Waals surface area contributed by atoms with Gasteiger partial charge in [-0.15, -0.1) is 0 Å². The first kappa shape index (κ1) is 17.5. The molecule has 0 atom stereocenters. The molecule has 25 heavy (non-hydrogen) atoms. The first-order chi connectivity index (χ1) is 11.5. The van der Waals surface area contributed by atoms with Gasteiger partial charge in [-0.2, -0.15) is 8.42 Å². The Morgan fingerprint density at radius 3 is 2.48 bits per heavy atom. The quantitative estimate of drug-likeness (QED) is 0.558. The fourth-order valence-corrected chi connectivity index (χ4v) is 4.63. The van der Waals surface area contributed by atoms with E-state index in [0.717, 1.165) is 0 Å². The minimum atomic E-state index is -4.34. The van der Waals surface area contributed by atoms with Crippen molar-refractivity contribution in [1.29, 1.82) is 0 Å². The largest absolute Gasteiger partial charge is 0.506 e. The van der Waals surface area contributed by atoms with Gasteiger partial charge in [-0.1, -0.05) is 6.07 Å². The highest BCUT2D eigenvalue weighted by Gasteiger charge is 2.52. The van der Waals surface area contributed by atoms with Gasteiger partial charge < -0.3 is 9.84 Å². The van der Waals surface area contributed by atoms with Crippen molar-refractivity contribution in [2.24, 2.45) is 0 Å². The van der Waals surface area contributed by atoms with Crippen molar-refractivity contribution < 1.29 is 27.4 Å². The van der Waals surface area contributed by atoms with Gasteiger partial charge >= 0.3 is 10.2 Å². The summed E-state index contributed by atoms with van der Waals surface area (Å²) in [6.45, 7) is 0. The summed E-state index contributed by atoms with van der Waals surface area (Å²) in [6.07, 6.45) is 0. The van der Waals surface area contributed by atoms with Gasteiger partial charge in [-0.3, -0.25) is 4.79 Å². The van der Waals surface area contributed by atoms with Crippen LogP contribution in [0.3, 0.4) is 0 Å². The molecule has 0 spiro atoms. The van der Waals surface area contributed by atoms with Gasteiger partial charge in [-0.25, -0.2) is 13.4 Å². The van der Waals surface area contributed by atoms with Crippen molar-refractivity contribution in [3.8, 4) is 11.5 Å². The molecule has 1 aliphatic heterocycles. The number of phenols is 1. The van der Waals surface area contributed by atoms with Crippen LogP contribution in [0.25, 0.3) is 10.8 Å². The fourth-order valence-electron chi connectivity index (χ4n) is 2.96. The van der Waals surface area contributed by atoms with Crippen molar-refractivity contribution >= 4 is 61.6 Å². The number of benzene rings is 2. The van der Waals surface area contributed by atoms with Gasteiger partial charge in [0.1, 0.15) is 40.7 Å². The Morgan fingerprint density at radius 2 is 1.96 bits per heavy atom. The Kier molecular flexibility index (Phi) is 3.72. The highest BCUT2D eigenvalue weighted by Crippen LogP contribution is 2.40. The number of hydrogen-bond donors (Lipinski definition) is 2. The van der Waals surface area contributed by atoms with E-state index in [4.69, 9.17) is 4.74 Å². The van der Waals surface area contributed by atoms with E-state index in [0.29, 0.717) is 20.9 Å². The summed E-state index contributed by atoms with van der Waals surface area (Å²) in [6, 6.07) is 4.59. The third-order valence-corrected chi connectivity index (χ3v) is 5.95. The van der Waals surface area contributed by atoms with Crippen LogP contribution in [-0.2, 0) is 15.0 Å². The van der Waals surface area contributed by atoms with Gasteiger partial charge in [0, 0.05) is 5.39 Å². The highest BCUT2D eigenvalue weighted by atomic mass is 32.2. The molecule has 2 aromatic carbocycles. The Balaban J connectivity index is 2.43. The number of carbonyl (C=O) groups excluding carboxylic acids is 1. The third kappa shape index (κ3) is 2.35. The number of rotatable bonds is 2. The zero-order valence-corrected chi connectivity index (χ0v) is 14.9. The maximum Gasteiger partial charge on any atom is 0.326 e. The van der Waals surface area contributed by atoms with Gasteiger partial charge in [0.2, 0.25) is 5.91 Å². The average molecular weight is 362 g/mol. The highest BCUT2D eigenvalue weighted by molar-refractivity contribution is 7.92. The number of aromatic hydroxyl groups is 1. The number of nitrogens with zero attached hydrogens (tertiary/aromatic N) is 1. The van der Waals surface area contributed by atoms with Gasteiger partial charge in [0.25, 0.3) is 0 Å². The van der Waals surface area contributed by atoms with E-state index in [1.165, 1.54) is 36.7 Å². The molecule has 128 valence electrons. The number of ether oxygens (including phenoxy) is 1. The summed E-state index contributed by atoms with van der Waals surface area (Å²) >= 11 is 0. The second-order valence-electron chi connectivity index (χ2n) is 6.31. The lowest BCUT2D eigenvalue weighted by atomic mass is 9.61. The molecule has 0 radical (unpaired) electrons. The zero-order valence-electron chi connectivity index (χ0n) is 14.0. The van der Waals surface area contributed by atoms with Crippen molar-refractivity contribution in [2.75, 3.05) is 11.4 Å². The van der Waals surface area contributed by atoms with Crippen LogP contribution in [0, 0.1) is 5.82 Å². The summed E-state index contributed by atoms with van der Waals surface area (Å²) in [7, 11) is 1.28. The molecule has 1 fully saturated rings. The number of anilines is 1. The zero-order chi connectivity index (χ0) is 18.7. The molecule has 3 rings (SSSR count). The van der Waals surface area contributed by atoms with E-state index >= 15 is 4.39 Å². The molecule has 1 saturated heterocycles. The maximum atomic E-state index is 15.2. The van der Waals surface area contributed by atoms with Crippen LogP contribution < -0.4 is 19.2 Å². The number of amides is 1. The molecular formula is C13H14B3FN2O5S. The minimum Gasteiger partial charge on any atom is -0.506 e. The smallest absolute Gasteiger partial charge is 0.326 e. The van der Waals surface area contributed by atoms with Crippen molar-refractivity contribution in [2.45, 2.75) is 5.34 Å². The van der Waals surface area contributed by atoms with E-state index in [2.05, 4.69) is 0 Å². The molecule has 0 saturated carbocycles. The number of carbonyl (C=O) groups is 1. The standard InChI is InChI=1S/C13H14B3FN2O5S/c1-24-5-2-3-6-7(4-5)9(17)10(11(20)8(6)14)19-13(15,16)12(21)18-25(19,22)23/h2-4,20H,14-16H2,1H3,(H,18,21). The van der Waals surface area contributed by atoms with E-state index < -0.39 is 38.7 Å². The summed E-state index contributed by atoms with van der Waals surface area (Å²) in [4.78, 5) is 12.0. The number of hydrogen-bond acceptors (Lipinski definition) is 5. The second-order valence-corrected chi connectivity index (χ2v) is 7.83. The Labute approximate surface area is 146 Å². The number of methoxy groups -OCH3 is 1. The number of phenolic OH excluding ortho intramolecular Hbond substituents is 1. The molecule has 2 aromatic rings. The molecule has 0 aliphatic carbocycles. The topological polar surface area (TPSA) is 95.9 Å². The van der Waals surface area contributed by atoms with E-state index in [1.807, 2.05) is 4.72 Å². The first-order valence-corrected chi connectivity index (χ1v) is 8.82. The predicted molar refractivity (Wildman–Crippen MR) is 99.7 cm³/mol. The van der Waals surface area contributed by atoms with Crippen LogP contribution in [0.15, 0.2) is 18.2 Å². The van der Waals surface area contributed by atoms with Gasteiger partial charge in [0.05, 0.1) is 12.4 Å². The average Bonchev–Trinajstić information content (AvgIpc) is 2.70. The monoisotopic (exact) mass is 362 g/mol. The molecular weight excluding hydrogens is 348 g/mol.